The van der Waals surface area contributed by atoms with Gasteiger partial charge in [-0.2, -0.15) is 0 Å². The van der Waals surface area contributed by atoms with Gasteiger partial charge in [0.15, 0.2) is 0 Å². The van der Waals surface area contributed by atoms with E-state index in [9.17, 15) is 4.79 Å². The van der Waals surface area contributed by atoms with E-state index in [-0.39, 0.29) is 16.7 Å². The Bertz CT molecular complexity index is 576. The van der Waals surface area contributed by atoms with Crippen LogP contribution in [0, 0.1) is 18.3 Å². The maximum atomic E-state index is 13.2. The number of Topliss-reactive ketones (excluding diaryl/α,β-unsaturated/α-hetero) is 1. The zero-order chi connectivity index (χ0) is 14.7. The minimum absolute atomic E-state index is 0.0657. The Balaban J connectivity index is 2.15. The largest absolute Gasteiger partial charge is 0.298 e. The lowest BCUT2D eigenvalue weighted by molar-refractivity contribution is -0.128. The van der Waals surface area contributed by atoms with Gasteiger partial charge in [-0.1, -0.05) is 42.8 Å². The molecule has 2 aliphatic rings. The van der Waals surface area contributed by atoms with Crippen LogP contribution in [-0.2, 0) is 16.6 Å². The molecular formula is C18H23BrO. The molecule has 3 rings (SSSR count). The second-order valence-corrected chi connectivity index (χ2v) is 8.54. The van der Waals surface area contributed by atoms with Gasteiger partial charge in [-0.15, -0.1) is 0 Å². The Morgan fingerprint density at radius 2 is 1.90 bits per heavy atom. The van der Waals surface area contributed by atoms with Crippen LogP contribution >= 0.6 is 15.9 Å². The molecule has 2 aliphatic carbocycles. The van der Waals surface area contributed by atoms with Crippen LogP contribution < -0.4 is 0 Å². The van der Waals surface area contributed by atoms with Crippen LogP contribution in [0.1, 0.15) is 56.7 Å². The summed E-state index contributed by atoms with van der Waals surface area (Å²) in [4.78, 5) is 13.2. The first-order chi connectivity index (χ1) is 9.25. The number of benzene rings is 1. The van der Waals surface area contributed by atoms with E-state index in [0.717, 1.165) is 30.2 Å². The van der Waals surface area contributed by atoms with Crippen molar-refractivity contribution in [3.8, 4) is 0 Å². The zero-order valence-electron chi connectivity index (χ0n) is 12.8. The zero-order valence-corrected chi connectivity index (χ0v) is 14.4. The number of rotatable bonds is 0. The van der Waals surface area contributed by atoms with Gasteiger partial charge >= 0.3 is 0 Å². The first-order valence-electron chi connectivity index (χ1n) is 7.59. The lowest BCUT2D eigenvalue weighted by atomic mass is 9.72. The molecule has 0 aliphatic heterocycles. The summed E-state index contributed by atoms with van der Waals surface area (Å²) in [6, 6.07) is 4.46. The molecule has 2 heteroatoms. The van der Waals surface area contributed by atoms with Gasteiger partial charge in [-0.3, -0.25) is 4.79 Å². The van der Waals surface area contributed by atoms with Gasteiger partial charge in [-0.05, 0) is 60.8 Å². The number of hydrogen-bond donors (Lipinski definition) is 0. The molecule has 0 heterocycles. The predicted octanol–water partition coefficient (Wildman–Crippen LogP) is 4.97. The number of aryl methyl sites for hydroxylation is 2. The van der Waals surface area contributed by atoms with Crippen molar-refractivity contribution in [1.29, 1.82) is 0 Å². The average Bonchev–Trinajstić information content (AvgIpc) is 3.07. The summed E-state index contributed by atoms with van der Waals surface area (Å²) in [5.74, 6) is 0.679. The first-order valence-corrected chi connectivity index (χ1v) is 8.39. The molecule has 0 N–H and O–H groups in total. The van der Waals surface area contributed by atoms with Crippen LogP contribution in [0.2, 0.25) is 0 Å². The van der Waals surface area contributed by atoms with Gasteiger partial charge in [0.25, 0.3) is 0 Å². The van der Waals surface area contributed by atoms with Crippen molar-refractivity contribution in [3.63, 3.8) is 0 Å². The van der Waals surface area contributed by atoms with Gasteiger partial charge < -0.3 is 0 Å². The third-order valence-corrected chi connectivity index (χ3v) is 5.71. The lowest BCUT2D eigenvalue weighted by Gasteiger charge is -2.31. The van der Waals surface area contributed by atoms with Gasteiger partial charge in [0.05, 0.1) is 5.41 Å². The number of halogens is 1. The molecule has 0 radical (unpaired) electrons. The molecule has 1 unspecified atom stereocenters. The second kappa shape index (κ2) is 4.43. The van der Waals surface area contributed by atoms with Crippen molar-refractivity contribution < 1.29 is 4.79 Å². The summed E-state index contributed by atoms with van der Waals surface area (Å²) in [5, 5.41) is 0. The maximum absolute atomic E-state index is 13.2. The van der Waals surface area contributed by atoms with Crippen LogP contribution in [-0.4, -0.2) is 5.78 Å². The highest BCUT2D eigenvalue weighted by Gasteiger charge is 2.57. The minimum Gasteiger partial charge on any atom is -0.298 e. The molecule has 0 amide bonds. The molecule has 108 valence electrons. The Morgan fingerprint density at radius 1 is 1.25 bits per heavy atom. The normalized spacial score (nSPS) is 24.4. The van der Waals surface area contributed by atoms with Gasteiger partial charge in [0, 0.05) is 10.4 Å². The topological polar surface area (TPSA) is 17.1 Å². The van der Waals surface area contributed by atoms with Crippen LogP contribution in [0.3, 0.4) is 0 Å². The van der Waals surface area contributed by atoms with Crippen molar-refractivity contribution in [2.24, 2.45) is 11.3 Å². The van der Waals surface area contributed by atoms with E-state index in [1.54, 1.807) is 0 Å². The number of hydrogen-bond acceptors (Lipinski definition) is 1. The molecular weight excluding hydrogens is 312 g/mol. The Kier molecular flexibility index (Phi) is 3.17. The van der Waals surface area contributed by atoms with Gasteiger partial charge in [0.1, 0.15) is 5.78 Å². The second-order valence-electron chi connectivity index (χ2n) is 7.68. The summed E-state index contributed by atoms with van der Waals surface area (Å²) in [6.07, 6.45) is 4.10. The third-order valence-electron chi connectivity index (χ3n) is 5.08. The fraction of sp³-hybridized carbons (Fsp3) is 0.611. The summed E-state index contributed by atoms with van der Waals surface area (Å²) in [5.41, 5.74) is 3.88. The van der Waals surface area contributed by atoms with Crippen LogP contribution in [0.4, 0.5) is 0 Å². The van der Waals surface area contributed by atoms with E-state index in [4.69, 9.17) is 0 Å². The van der Waals surface area contributed by atoms with Crippen LogP contribution in [0.15, 0.2) is 16.6 Å². The van der Waals surface area contributed by atoms with E-state index in [1.165, 1.54) is 16.7 Å². The first kappa shape index (κ1) is 14.3. The smallest absolute Gasteiger partial charge is 0.147 e. The number of ketones is 1. The monoisotopic (exact) mass is 334 g/mol. The number of carbonyl (C=O) groups excluding carboxylic acids is 1. The standard InChI is InChI=1S/C18H23BrO/c1-11-9-12-5-6-13(17(2,3)4)16(20)18(7-8-18)15(12)14(19)10-11/h9-10,13H,5-8H2,1-4H3. The summed E-state index contributed by atoms with van der Waals surface area (Å²) in [7, 11) is 0. The quantitative estimate of drug-likeness (QED) is 0.654. The minimum atomic E-state index is -0.170. The Hall–Kier alpha value is -0.630. The average molecular weight is 335 g/mol. The maximum Gasteiger partial charge on any atom is 0.147 e. The van der Waals surface area contributed by atoms with E-state index >= 15 is 0 Å². The molecule has 0 saturated heterocycles. The molecule has 1 nitrogen and oxygen atoms in total. The number of carbonyl (C=O) groups is 1. The molecule has 0 bridgehead atoms. The predicted molar refractivity (Wildman–Crippen MR) is 86.1 cm³/mol. The van der Waals surface area contributed by atoms with Crippen molar-refractivity contribution in [1.82, 2.24) is 0 Å². The Morgan fingerprint density at radius 3 is 2.45 bits per heavy atom. The Labute approximate surface area is 130 Å². The summed E-state index contributed by atoms with van der Waals surface area (Å²) in [6.45, 7) is 8.77. The van der Waals surface area contributed by atoms with Gasteiger partial charge in [-0.25, -0.2) is 0 Å². The summed E-state index contributed by atoms with van der Waals surface area (Å²) >= 11 is 3.73. The van der Waals surface area contributed by atoms with Crippen molar-refractivity contribution in [2.45, 2.75) is 58.8 Å². The van der Waals surface area contributed by atoms with Crippen molar-refractivity contribution in [3.05, 3.63) is 33.3 Å². The molecule has 1 aromatic rings. The SMILES string of the molecule is Cc1cc(Br)c2c(c1)CCC(C(C)(C)C)C(=O)C21CC1. The highest BCUT2D eigenvalue weighted by atomic mass is 79.9. The van der Waals surface area contributed by atoms with Crippen molar-refractivity contribution >= 4 is 21.7 Å². The van der Waals surface area contributed by atoms with Gasteiger partial charge in [0.2, 0.25) is 0 Å². The summed E-state index contributed by atoms with van der Waals surface area (Å²) < 4.78 is 1.15. The molecule has 1 atom stereocenters. The molecule has 1 spiro atoms. The molecule has 1 saturated carbocycles. The molecule has 20 heavy (non-hydrogen) atoms. The molecule has 0 aromatic heterocycles. The van der Waals surface area contributed by atoms with Crippen LogP contribution in [0.25, 0.3) is 0 Å². The molecule has 1 fully saturated rings. The third kappa shape index (κ3) is 2.07. The van der Waals surface area contributed by atoms with E-state index in [2.05, 4.69) is 55.8 Å². The fourth-order valence-corrected chi connectivity index (χ4v) is 4.88. The molecule has 1 aromatic carbocycles. The van der Waals surface area contributed by atoms with E-state index in [0.29, 0.717) is 5.78 Å². The highest BCUT2D eigenvalue weighted by molar-refractivity contribution is 9.10. The lowest BCUT2D eigenvalue weighted by Crippen LogP contribution is -2.35. The van der Waals surface area contributed by atoms with Crippen LogP contribution in [0.5, 0.6) is 0 Å². The van der Waals surface area contributed by atoms with E-state index in [1.807, 2.05) is 0 Å². The number of fused-ring (bicyclic) bond motifs is 2. The highest BCUT2D eigenvalue weighted by Crippen LogP contribution is 2.57. The fourth-order valence-electron chi connectivity index (χ4n) is 3.88. The van der Waals surface area contributed by atoms with E-state index < -0.39 is 0 Å². The van der Waals surface area contributed by atoms with Crippen molar-refractivity contribution in [2.75, 3.05) is 0 Å².